The molecule has 0 amide bonds. The number of fused-ring (bicyclic) bond motifs is 3. The highest BCUT2D eigenvalue weighted by Crippen LogP contribution is 2.39. The second-order valence-electron chi connectivity index (χ2n) is 7.67. The van der Waals surface area contributed by atoms with Crippen LogP contribution in [0.4, 0.5) is 0 Å². The topological polar surface area (TPSA) is 68.0 Å². The van der Waals surface area contributed by atoms with Crippen molar-refractivity contribution >= 4 is 0 Å². The van der Waals surface area contributed by atoms with Gasteiger partial charge >= 0.3 is 0 Å². The van der Waals surface area contributed by atoms with Crippen molar-refractivity contribution in [2.24, 2.45) is 11.7 Å². The first-order valence-electron chi connectivity index (χ1n) is 9.20. The molecule has 3 aliphatic rings. The standard InChI is InChI=1S/C19H28N2O3/c1-12-8-14-3-4-15(9-12)21(14)11-16(20)19(22)13-2-5-17-18(10-13)24-7-6-23-17/h2,5,10,12,14-16,19,22H,3-4,6-9,11,20H2,1H3/t12?,14?,15?,16-,19-/m1/s1. The van der Waals surface area contributed by atoms with Crippen molar-refractivity contribution in [3.8, 4) is 11.5 Å². The van der Waals surface area contributed by atoms with Crippen molar-refractivity contribution in [3.05, 3.63) is 23.8 Å². The third-order valence-corrected chi connectivity index (χ3v) is 5.85. The van der Waals surface area contributed by atoms with Gasteiger partial charge < -0.3 is 20.3 Å². The maximum atomic E-state index is 10.7. The molecule has 4 rings (SSSR count). The third kappa shape index (κ3) is 3.01. The zero-order chi connectivity index (χ0) is 16.7. The minimum Gasteiger partial charge on any atom is -0.486 e. The van der Waals surface area contributed by atoms with Crippen LogP contribution >= 0.6 is 0 Å². The van der Waals surface area contributed by atoms with Gasteiger partial charge in [0.25, 0.3) is 0 Å². The van der Waals surface area contributed by atoms with E-state index < -0.39 is 6.10 Å². The van der Waals surface area contributed by atoms with Crippen LogP contribution in [0, 0.1) is 5.92 Å². The molecule has 0 spiro atoms. The molecule has 132 valence electrons. The maximum absolute atomic E-state index is 10.7. The Morgan fingerprint density at radius 1 is 1.17 bits per heavy atom. The highest BCUT2D eigenvalue weighted by Gasteiger charge is 2.40. The number of ether oxygens (including phenoxy) is 2. The van der Waals surface area contributed by atoms with E-state index in [9.17, 15) is 5.11 Å². The summed E-state index contributed by atoms with van der Waals surface area (Å²) in [6.07, 6.45) is 4.41. The Kier molecular flexibility index (Phi) is 4.41. The Bertz CT molecular complexity index is 580. The Morgan fingerprint density at radius 3 is 2.54 bits per heavy atom. The average Bonchev–Trinajstić information content (AvgIpc) is 2.83. The van der Waals surface area contributed by atoms with E-state index in [0.717, 1.165) is 23.8 Å². The summed E-state index contributed by atoms with van der Waals surface area (Å²) >= 11 is 0. The Hall–Kier alpha value is -1.30. The van der Waals surface area contributed by atoms with Crippen LogP contribution in [0.15, 0.2) is 18.2 Å². The van der Waals surface area contributed by atoms with E-state index in [2.05, 4.69) is 11.8 Å². The van der Waals surface area contributed by atoms with Gasteiger partial charge in [0.1, 0.15) is 13.2 Å². The zero-order valence-corrected chi connectivity index (χ0v) is 14.4. The summed E-state index contributed by atoms with van der Waals surface area (Å²) in [6, 6.07) is 6.64. The molecular formula is C19H28N2O3. The summed E-state index contributed by atoms with van der Waals surface area (Å²) in [5, 5.41) is 10.7. The maximum Gasteiger partial charge on any atom is 0.161 e. The molecule has 0 aliphatic carbocycles. The summed E-state index contributed by atoms with van der Waals surface area (Å²) in [4.78, 5) is 2.55. The molecule has 2 saturated heterocycles. The van der Waals surface area contributed by atoms with Crippen LogP contribution in [0.25, 0.3) is 0 Å². The van der Waals surface area contributed by atoms with E-state index in [0.29, 0.717) is 31.0 Å². The summed E-state index contributed by atoms with van der Waals surface area (Å²) in [5.41, 5.74) is 7.19. The lowest BCUT2D eigenvalue weighted by molar-refractivity contribution is 0.0664. The number of hydrogen-bond donors (Lipinski definition) is 2. The molecule has 5 heteroatoms. The molecule has 1 aromatic carbocycles. The van der Waals surface area contributed by atoms with Crippen molar-refractivity contribution in [1.29, 1.82) is 0 Å². The van der Waals surface area contributed by atoms with Crippen molar-refractivity contribution in [3.63, 3.8) is 0 Å². The molecule has 0 radical (unpaired) electrons. The van der Waals surface area contributed by atoms with Crippen LogP contribution < -0.4 is 15.2 Å². The van der Waals surface area contributed by atoms with Gasteiger partial charge in [0.05, 0.1) is 6.10 Å². The largest absolute Gasteiger partial charge is 0.486 e. The molecule has 0 aromatic heterocycles. The SMILES string of the molecule is CC1CC2CCC(C1)N2C[C@@H](N)[C@H](O)c1ccc2c(c1)OCCO2. The van der Waals surface area contributed by atoms with Gasteiger partial charge in [-0.15, -0.1) is 0 Å². The average molecular weight is 332 g/mol. The molecule has 2 unspecified atom stereocenters. The van der Waals surface area contributed by atoms with E-state index in [1.165, 1.54) is 25.7 Å². The fourth-order valence-corrected chi connectivity index (χ4v) is 4.68. The predicted octanol–water partition coefficient (Wildman–Crippen LogP) is 2.08. The Morgan fingerprint density at radius 2 is 1.83 bits per heavy atom. The van der Waals surface area contributed by atoms with Gasteiger partial charge in [-0.05, 0) is 49.3 Å². The van der Waals surface area contributed by atoms with Crippen molar-refractivity contribution in [1.82, 2.24) is 4.90 Å². The van der Waals surface area contributed by atoms with Gasteiger partial charge in [-0.3, -0.25) is 4.90 Å². The number of hydrogen-bond acceptors (Lipinski definition) is 5. The molecule has 5 nitrogen and oxygen atoms in total. The minimum absolute atomic E-state index is 0.288. The van der Waals surface area contributed by atoms with E-state index in [1.54, 1.807) is 0 Å². The first kappa shape index (κ1) is 16.2. The van der Waals surface area contributed by atoms with Crippen LogP contribution in [-0.4, -0.2) is 47.9 Å². The lowest BCUT2D eigenvalue weighted by atomic mass is 9.91. The molecule has 3 N–H and O–H groups in total. The van der Waals surface area contributed by atoms with Crippen LogP contribution in [0.3, 0.4) is 0 Å². The predicted molar refractivity (Wildman–Crippen MR) is 92.3 cm³/mol. The van der Waals surface area contributed by atoms with Crippen LogP contribution in [-0.2, 0) is 0 Å². The molecular weight excluding hydrogens is 304 g/mol. The first-order chi connectivity index (χ1) is 11.6. The van der Waals surface area contributed by atoms with E-state index >= 15 is 0 Å². The fraction of sp³-hybridized carbons (Fsp3) is 0.684. The number of piperidine rings is 1. The van der Waals surface area contributed by atoms with E-state index in [1.807, 2.05) is 18.2 Å². The molecule has 24 heavy (non-hydrogen) atoms. The number of rotatable bonds is 4. The second-order valence-corrected chi connectivity index (χ2v) is 7.67. The van der Waals surface area contributed by atoms with Crippen molar-refractivity contribution < 1.29 is 14.6 Å². The van der Waals surface area contributed by atoms with Gasteiger partial charge in [-0.25, -0.2) is 0 Å². The van der Waals surface area contributed by atoms with E-state index in [-0.39, 0.29) is 6.04 Å². The van der Waals surface area contributed by atoms with Crippen molar-refractivity contribution in [2.75, 3.05) is 19.8 Å². The third-order valence-electron chi connectivity index (χ3n) is 5.85. The van der Waals surface area contributed by atoms with Gasteiger partial charge in [0, 0.05) is 24.7 Å². The number of aliphatic hydroxyl groups is 1. The van der Waals surface area contributed by atoms with Gasteiger partial charge in [0.2, 0.25) is 0 Å². The number of nitrogens with zero attached hydrogens (tertiary/aromatic N) is 1. The monoisotopic (exact) mass is 332 g/mol. The lowest BCUT2D eigenvalue weighted by Crippen LogP contribution is -2.49. The van der Waals surface area contributed by atoms with Gasteiger partial charge in [-0.2, -0.15) is 0 Å². The molecule has 4 atom stereocenters. The highest BCUT2D eigenvalue weighted by atomic mass is 16.6. The Labute approximate surface area is 143 Å². The lowest BCUT2D eigenvalue weighted by Gasteiger charge is -2.39. The second kappa shape index (κ2) is 6.54. The first-order valence-corrected chi connectivity index (χ1v) is 9.20. The summed E-state index contributed by atoms with van der Waals surface area (Å²) < 4.78 is 11.2. The molecule has 2 bridgehead atoms. The smallest absolute Gasteiger partial charge is 0.161 e. The quantitative estimate of drug-likeness (QED) is 0.883. The summed E-state index contributed by atoms with van der Waals surface area (Å²) in [5.74, 6) is 2.27. The summed E-state index contributed by atoms with van der Waals surface area (Å²) in [7, 11) is 0. The molecule has 2 fully saturated rings. The summed E-state index contributed by atoms with van der Waals surface area (Å²) in [6.45, 7) is 4.24. The van der Waals surface area contributed by atoms with Crippen LogP contribution in [0.1, 0.15) is 44.3 Å². The normalized spacial score (nSPS) is 31.7. The zero-order valence-electron chi connectivity index (χ0n) is 14.4. The number of benzene rings is 1. The minimum atomic E-state index is -0.681. The highest BCUT2D eigenvalue weighted by molar-refractivity contribution is 5.44. The van der Waals surface area contributed by atoms with Gasteiger partial charge in [-0.1, -0.05) is 13.0 Å². The number of nitrogens with two attached hydrogens (primary N) is 1. The van der Waals surface area contributed by atoms with Gasteiger partial charge in [0.15, 0.2) is 11.5 Å². The molecule has 3 aliphatic heterocycles. The molecule has 0 saturated carbocycles. The molecule has 3 heterocycles. The van der Waals surface area contributed by atoms with E-state index in [4.69, 9.17) is 15.2 Å². The van der Waals surface area contributed by atoms with Crippen LogP contribution in [0.2, 0.25) is 0 Å². The fourth-order valence-electron chi connectivity index (χ4n) is 4.68. The van der Waals surface area contributed by atoms with Crippen LogP contribution in [0.5, 0.6) is 11.5 Å². The van der Waals surface area contributed by atoms with Crippen molar-refractivity contribution in [2.45, 2.75) is 56.8 Å². The number of aliphatic hydroxyl groups excluding tert-OH is 1. The molecule has 1 aromatic rings. The Balaban J connectivity index is 1.44.